The van der Waals surface area contributed by atoms with Gasteiger partial charge in [0, 0.05) is 24.5 Å². The SMILES string of the molecule is c1ccc(-c2cn3c(n2)NCCC3c2ccccn2)cc1. The molecule has 1 aliphatic heterocycles. The second-order valence-electron chi connectivity index (χ2n) is 5.21. The zero-order valence-electron chi connectivity index (χ0n) is 11.6. The lowest BCUT2D eigenvalue weighted by molar-refractivity contribution is 0.518. The third-order valence-electron chi connectivity index (χ3n) is 3.87. The zero-order chi connectivity index (χ0) is 14.1. The molecular formula is C17H16N4. The Morgan fingerprint density at radius 3 is 2.71 bits per heavy atom. The lowest BCUT2D eigenvalue weighted by Crippen LogP contribution is -2.23. The number of anilines is 1. The van der Waals surface area contributed by atoms with Crippen LogP contribution in [-0.4, -0.2) is 21.1 Å². The number of fused-ring (bicyclic) bond motifs is 1. The molecule has 3 heterocycles. The maximum absolute atomic E-state index is 4.72. The number of hydrogen-bond acceptors (Lipinski definition) is 3. The van der Waals surface area contributed by atoms with E-state index in [1.807, 2.05) is 36.5 Å². The minimum absolute atomic E-state index is 0.257. The first-order chi connectivity index (χ1) is 10.4. The smallest absolute Gasteiger partial charge is 0.204 e. The molecule has 1 unspecified atom stereocenters. The fraction of sp³-hybridized carbons (Fsp3) is 0.176. The fourth-order valence-corrected chi connectivity index (χ4v) is 2.83. The molecule has 1 N–H and O–H groups in total. The Hall–Kier alpha value is -2.62. The maximum Gasteiger partial charge on any atom is 0.204 e. The zero-order valence-corrected chi connectivity index (χ0v) is 11.6. The van der Waals surface area contributed by atoms with Gasteiger partial charge in [-0.05, 0) is 18.6 Å². The van der Waals surface area contributed by atoms with Crippen LogP contribution >= 0.6 is 0 Å². The molecule has 0 saturated carbocycles. The Morgan fingerprint density at radius 2 is 1.90 bits per heavy atom. The van der Waals surface area contributed by atoms with E-state index in [2.05, 4.69) is 39.3 Å². The Labute approximate surface area is 123 Å². The van der Waals surface area contributed by atoms with Crippen LogP contribution in [-0.2, 0) is 0 Å². The number of rotatable bonds is 2. The molecule has 21 heavy (non-hydrogen) atoms. The van der Waals surface area contributed by atoms with E-state index in [-0.39, 0.29) is 6.04 Å². The molecule has 4 nitrogen and oxygen atoms in total. The highest BCUT2D eigenvalue weighted by molar-refractivity contribution is 5.61. The molecule has 0 fully saturated rings. The van der Waals surface area contributed by atoms with E-state index in [0.717, 1.165) is 35.9 Å². The molecule has 1 atom stereocenters. The molecule has 104 valence electrons. The number of hydrogen-bond donors (Lipinski definition) is 1. The van der Waals surface area contributed by atoms with Crippen LogP contribution in [0.3, 0.4) is 0 Å². The first-order valence-electron chi connectivity index (χ1n) is 7.21. The van der Waals surface area contributed by atoms with Gasteiger partial charge in [-0.2, -0.15) is 0 Å². The van der Waals surface area contributed by atoms with Crippen molar-refractivity contribution >= 4 is 5.95 Å². The van der Waals surface area contributed by atoms with Crippen molar-refractivity contribution in [1.82, 2.24) is 14.5 Å². The van der Waals surface area contributed by atoms with E-state index in [9.17, 15) is 0 Å². The third kappa shape index (κ3) is 2.18. The average molecular weight is 276 g/mol. The standard InChI is InChI=1S/C17H16N4/c1-2-6-13(7-3-1)15-12-21-16(9-11-19-17(21)20-15)14-8-4-5-10-18-14/h1-8,10,12,16H,9,11H2,(H,19,20). The van der Waals surface area contributed by atoms with Crippen molar-refractivity contribution in [2.45, 2.75) is 12.5 Å². The lowest BCUT2D eigenvalue weighted by atomic mass is 10.1. The van der Waals surface area contributed by atoms with Crippen LogP contribution < -0.4 is 5.32 Å². The van der Waals surface area contributed by atoms with Crippen molar-refractivity contribution in [2.24, 2.45) is 0 Å². The highest BCUT2D eigenvalue weighted by atomic mass is 15.2. The summed E-state index contributed by atoms with van der Waals surface area (Å²) in [5.74, 6) is 0.927. The third-order valence-corrected chi connectivity index (χ3v) is 3.87. The van der Waals surface area contributed by atoms with Gasteiger partial charge in [-0.15, -0.1) is 0 Å². The van der Waals surface area contributed by atoms with E-state index in [1.54, 1.807) is 0 Å². The first kappa shape index (κ1) is 12.1. The first-order valence-corrected chi connectivity index (χ1v) is 7.21. The quantitative estimate of drug-likeness (QED) is 0.780. The Bertz CT molecular complexity index is 734. The predicted octanol–water partition coefficient (Wildman–Crippen LogP) is 3.35. The Morgan fingerprint density at radius 1 is 1.05 bits per heavy atom. The molecule has 1 aromatic carbocycles. The summed E-state index contributed by atoms with van der Waals surface area (Å²) in [5.41, 5.74) is 3.24. The summed E-state index contributed by atoms with van der Waals surface area (Å²) < 4.78 is 2.20. The van der Waals surface area contributed by atoms with Gasteiger partial charge in [0.1, 0.15) is 0 Å². The summed E-state index contributed by atoms with van der Waals surface area (Å²) in [5, 5.41) is 3.38. The highest BCUT2D eigenvalue weighted by Gasteiger charge is 2.23. The Kier molecular flexibility index (Phi) is 2.92. The Balaban J connectivity index is 1.77. The highest BCUT2D eigenvalue weighted by Crippen LogP contribution is 2.31. The number of benzene rings is 1. The van der Waals surface area contributed by atoms with Gasteiger partial charge in [-0.3, -0.25) is 4.98 Å². The topological polar surface area (TPSA) is 42.7 Å². The molecule has 0 radical (unpaired) electrons. The molecule has 4 heteroatoms. The number of imidazole rings is 1. The van der Waals surface area contributed by atoms with E-state index < -0.39 is 0 Å². The van der Waals surface area contributed by atoms with Crippen molar-refractivity contribution in [1.29, 1.82) is 0 Å². The minimum atomic E-state index is 0.257. The summed E-state index contributed by atoms with van der Waals surface area (Å²) in [6.45, 7) is 0.923. The molecule has 0 spiro atoms. The van der Waals surface area contributed by atoms with Crippen LogP contribution in [0, 0.1) is 0 Å². The second-order valence-corrected chi connectivity index (χ2v) is 5.21. The van der Waals surface area contributed by atoms with Crippen LogP contribution in [0.15, 0.2) is 60.9 Å². The normalized spacial score (nSPS) is 17.0. The summed E-state index contributed by atoms with van der Waals surface area (Å²) in [6.07, 6.45) is 5.00. The van der Waals surface area contributed by atoms with Gasteiger partial charge in [0.15, 0.2) is 0 Å². The van der Waals surface area contributed by atoms with Crippen molar-refractivity contribution < 1.29 is 0 Å². The molecule has 4 rings (SSSR count). The van der Waals surface area contributed by atoms with Gasteiger partial charge >= 0.3 is 0 Å². The largest absolute Gasteiger partial charge is 0.356 e. The second kappa shape index (κ2) is 5.05. The molecule has 0 amide bonds. The number of nitrogens with one attached hydrogen (secondary N) is 1. The van der Waals surface area contributed by atoms with E-state index in [0.29, 0.717) is 0 Å². The summed E-state index contributed by atoms with van der Waals surface area (Å²) in [4.78, 5) is 9.23. The van der Waals surface area contributed by atoms with E-state index >= 15 is 0 Å². The molecule has 1 aliphatic rings. The van der Waals surface area contributed by atoms with Crippen molar-refractivity contribution in [2.75, 3.05) is 11.9 Å². The van der Waals surface area contributed by atoms with Gasteiger partial charge in [0.05, 0.1) is 17.4 Å². The predicted molar refractivity (Wildman–Crippen MR) is 83.1 cm³/mol. The van der Waals surface area contributed by atoms with E-state index in [1.165, 1.54) is 0 Å². The lowest BCUT2D eigenvalue weighted by Gasteiger charge is -2.25. The van der Waals surface area contributed by atoms with Gasteiger partial charge in [-0.1, -0.05) is 36.4 Å². The minimum Gasteiger partial charge on any atom is -0.356 e. The number of nitrogens with zero attached hydrogens (tertiary/aromatic N) is 3. The van der Waals surface area contributed by atoms with Gasteiger partial charge in [-0.25, -0.2) is 4.98 Å². The molecule has 2 aromatic heterocycles. The fourth-order valence-electron chi connectivity index (χ4n) is 2.83. The monoisotopic (exact) mass is 276 g/mol. The summed E-state index contributed by atoms with van der Waals surface area (Å²) in [6, 6.07) is 16.6. The van der Waals surface area contributed by atoms with Gasteiger partial charge in [0.2, 0.25) is 5.95 Å². The number of pyridine rings is 1. The summed E-state index contributed by atoms with van der Waals surface area (Å²) in [7, 11) is 0. The van der Waals surface area contributed by atoms with Crippen LogP contribution in [0.2, 0.25) is 0 Å². The molecule has 0 saturated heterocycles. The number of aromatic nitrogens is 3. The van der Waals surface area contributed by atoms with Crippen LogP contribution in [0.4, 0.5) is 5.95 Å². The van der Waals surface area contributed by atoms with Crippen LogP contribution in [0.25, 0.3) is 11.3 Å². The van der Waals surface area contributed by atoms with Crippen molar-refractivity contribution in [3.63, 3.8) is 0 Å². The average Bonchev–Trinajstić information content (AvgIpc) is 3.00. The van der Waals surface area contributed by atoms with Crippen LogP contribution in [0.5, 0.6) is 0 Å². The van der Waals surface area contributed by atoms with Crippen molar-refractivity contribution in [3.05, 3.63) is 66.6 Å². The molecule has 0 bridgehead atoms. The van der Waals surface area contributed by atoms with Gasteiger partial charge < -0.3 is 9.88 Å². The van der Waals surface area contributed by atoms with Crippen molar-refractivity contribution in [3.8, 4) is 11.3 Å². The molecular weight excluding hydrogens is 260 g/mol. The maximum atomic E-state index is 4.72. The molecule has 3 aromatic rings. The van der Waals surface area contributed by atoms with Gasteiger partial charge in [0.25, 0.3) is 0 Å². The van der Waals surface area contributed by atoms with Crippen LogP contribution in [0.1, 0.15) is 18.2 Å². The molecule has 0 aliphatic carbocycles. The summed E-state index contributed by atoms with van der Waals surface area (Å²) >= 11 is 0. The van der Waals surface area contributed by atoms with E-state index in [4.69, 9.17) is 4.98 Å².